The van der Waals surface area contributed by atoms with Crippen molar-refractivity contribution in [3.05, 3.63) is 0 Å². The lowest BCUT2D eigenvalue weighted by molar-refractivity contribution is -0.535. The van der Waals surface area contributed by atoms with Gasteiger partial charge in [0.2, 0.25) is 0 Å². The average molecular weight is 1240 g/mol. The molecule has 470 valence electrons. The molecule has 0 amide bonds. The zero-order chi connectivity index (χ0) is 61.9. The maximum atomic E-state index is 14.0. The second kappa shape index (κ2) is 27.6. The highest BCUT2D eigenvalue weighted by molar-refractivity contribution is 4.93. The van der Waals surface area contributed by atoms with E-state index < -0.39 is 207 Å². The summed E-state index contributed by atoms with van der Waals surface area (Å²) in [4.78, 5) is 0. The summed E-state index contributed by atoms with van der Waals surface area (Å²) < 4.78 is 421. The van der Waals surface area contributed by atoms with Gasteiger partial charge in [-0.1, -0.05) is 0 Å². The quantitative estimate of drug-likeness (QED) is 0.0417. The summed E-state index contributed by atoms with van der Waals surface area (Å²) in [5.41, 5.74) is 0. The third kappa shape index (κ3) is 20.4. The van der Waals surface area contributed by atoms with E-state index in [-0.39, 0.29) is 0 Å². The molecule has 17 nitrogen and oxygen atoms in total. The molecule has 0 spiro atoms. The fraction of sp³-hybridized carbons (Fsp3) is 1.00. The van der Waals surface area contributed by atoms with Crippen molar-refractivity contribution in [3.63, 3.8) is 0 Å². The van der Waals surface area contributed by atoms with Crippen LogP contribution in [0.15, 0.2) is 0 Å². The van der Waals surface area contributed by atoms with Gasteiger partial charge < -0.3 is 64.2 Å². The molecule has 0 saturated carbocycles. The van der Waals surface area contributed by atoms with E-state index in [1.54, 1.807) is 18.9 Å². The van der Waals surface area contributed by atoms with E-state index in [0.717, 1.165) is 0 Å². The Bertz CT molecular complexity index is 1650. The first kappa shape index (κ1) is 75.4. The van der Waals surface area contributed by atoms with Gasteiger partial charge in [0.05, 0.1) is 66.1 Å². The second-order valence-electron chi connectivity index (χ2n) is 15.3. The highest BCUT2D eigenvalue weighted by atomic mass is 19.4. The van der Waals surface area contributed by atoms with Crippen molar-refractivity contribution in [3.8, 4) is 0 Å². The first-order valence-corrected chi connectivity index (χ1v) is 19.8. The molecule has 0 aromatic carbocycles. The Balaban J connectivity index is 5.62. The lowest BCUT2D eigenvalue weighted by Gasteiger charge is -2.37. The first-order chi connectivity index (χ1) is 34.6. The Morgan fingerprint density at radius 3 is 0.551 bits per heavy atom. The van der Waals surface area contributed by atoms with Crippen molar-refractivity contribution in [2.75, 3.05) is 92.5 Å². The smallest absolute Gasteiger partial charge is 0.394 e. The first-order valence-electron chi connectivity index (χ1n) is 19.8. The summed E-state index contributed by atoms with van der Waals surface area (Å²) in [5, 5.41) is 63.3. The van der Waals surface area contributed by atoms with Gasteiger partial charge in [0.25, 0.3) is 0 Å². The molecule has 0 saturated heterocycles. The third-order valence-corrected chi connectivity index (χ3v) is 8.23. The minimum atomic E-state index is -8.11. The molecule has 0 aliphatic rings. The van der Waals surface area contributed by atoms with Gasteiger partial charge in [-0.15, -0.1) is 0 Å². The Morgan fingerprint density at radius 2 is 0.385 bits per heavy atom. The average Bonchev–Trinajstić information content (AvgIpc) is 3.24. The fourth-order valence-electron chi connectivity index (χ4n) is 4.10. The van der Waals surface area contributed by atoms with Gasteiger partial charge >= 0.3 is 84.4 Å². The standard InChI is InChI=1S/C33H40F28O17/c34-20(35,11-71-7-17(66)5-69-3-15(64)1-62)26(46,47)75-30(54,55)24(42,43)32(58,59)77-28(50,51)22(38,39)13-73-9-19(68)10-74-14-23(40,41)29(52,53)78-33(60,61)25(44,45)31(56,57)76-27(48,49)21(36,37)12-72-8-18(67)6-70-4-16(65)2-63/h15-19,62-68H,1-14H2. The van der Waals surface area contributed by atoms with Crippen LogP contribution >= 0.6 is 0 Å². The van der Waals surface area contributed by atoms with E-state index in [4.69, 9.17) is 20.4 Å². The zero-order valence-electron chi connectivity index (χ0n) is 37.6. The molecule has 78 heavy (non-hydrogen) atoms. The van der Waals surface area contributed by atoms with Crippen molar-refractivity contribution >= 4 is 0 Å². The van der Waals surface area contributed by atoms with Crippen molar-refractivity contribution in [2.45, 2.75) is 115 Å². The lowest BCUT2D eigenvalue weighted by atomic mass is 10.2. The summed E-state index contributed by atoms with van der Waals surface area (Å²) >= 11 is 0. The largest absolute Gasteiger partial charge is 0.433 e. The maximum Gasteiger partial charge on any atom is 0.433 e. The van der Waals surface area contributed by atoms with Crippen LogP contribution in [0.5, 0.6) is 0 Å². The predicted molar refractivity (Wildman–Crippen MR) is 183 cm³/mol. The van der Waals surface area contributed by atoms with Crippen LogP contribution in [0.3, 0.4) is 0 Å². The van der Waals surface area contributed by atoms with Gasteiger partial charge in [-0.05, 0) is 0 Å². The van der Waals surface area contributed by atoms with Crippen LogP contribution in [-0.4, -0.2) is 243 Å². The molecule has 0 radical (unpaired) electrons. The second-order valence-corrected chi connectivity index (χ2v) is 15.3. The van der Waals surface area contributed by atoms with E-state index in [0.29, 0.717) is 0 Å². The molecule has 0 aliphatic heterocycles. The minimum absolute atomic E-state index is 0.746. The van der Waals surface area contributed by atoms with Crippen molar-refractivity contribution in [1.29, 1.82) is 0 Å². The van der Waals surface area contributed by atoms with Gasteiger partial charge in [-0.25, -0.2) is 18.9 Å². The van der Waals surface area contributed by atoms with Gasteiger partial charge in [-0.3, -0.25) is 0 Å². The molecule has 0 rings (SSSR count). The molecule has 45 heteroatoms. The molecule has 4 unspecified atom stereocenters. The monoisotopic (exact) mass is 1240 g/mol. The van der Waals surface area contributed by atoms with Crippen LogP contribution in [0.1, 0.15) is 0 Å². The molecule has 0 bridgehead atoms. The van der Waals surface area contributed by atoms with E-state index >= 15 is 0 Å². The number of ether oxygens (including phenoxy) is 10. The van der Waals surface area contributed by atoms with Gasteiger partial charge in [0.15, 0.2) is 0 Å². The molecular weight excluding hydrogens is 1200 g/mol. The van der Waals surface area contributed by atoms with E-state index in [1.807, 2.05) is 0 Å². The summed E-state index contributed by atoms with van der Waals surface area (Å²) in [5.74, 6) is -42.1. The van der Waals surface area contributed by atoms with Crippen LogP contribution in [0.2, 0.25) is 0 Å². The number of hydrogen-bond acceptors (Lipinski definition) is 17. The van der Waals surface area contributed by atoms with Gasteiger partial charge in [-0.2, -0.15) is 123 Å². The molecule has 4 atom stereocenters. The lowest BCUT2D eigenvalue weighted by Crippen LogP contribution is -2.63. The van der Waals surface area contributed by atoms with Gasteiger partial charge in [0.1, 0.15) is 56.9 Å². The van der Waals surface area contributed by atoms with E-state index in [2.05, 4.69) is 28.4 Å². The molecular formula is C33H40F28O17. The van der Waals surface area contributed by atoms with E-state index in [1.165, 1.54) is 0 Å². The number of halogens is 28. The number of hydrogen-bond donors (Lipinski definition) is 7. The van der Waals surface area contributed by atoms with Crippen molar-refractivity contribution in [2.24, 2.45) is 0 Å². The Morgan fingerprint density at radius 1 is 0.231 bits per heavy atom. The SMILES string of the molecule is OCC(O)COCC(O)COCC(F)(F)C(F)(F)OC(F)(F)C(F)(F)C(F)(F)OC(F)(F)C(F)(F)COCC(O)COCC(F)(F)C(F)(F)OC(F)(F)C(F)(F)C(F)(F)OC(F)(F)C(F)(F)COCC(O)COCC(O)CO. The number of aliphatic hydroxyl groups is 7. The van der Waals surface area contributed by atoms with Crippen LogP contribution in [-0.2, 0) is 47.4 Å². The van der Waals surface area contributed by atoms with E-state index in [9.17, 15) is 138 Å². The number of rotatable bonds is 42. The molecule has 0 aromatic rings. The van der Waals surface area contributed by atoms with Crippen molar-refractivity contribution < 1.29 is 206 Å². The van der Waals surface area contributed by atoms with Crippen molar-refractivity contribution in [1.82, 2.24) is 0 Å². The molecule has 7 N–H and O–H groups in total. The Labute approximate surface area is 414 Å². The third-order valence-electron chi connectivity index (χ3n) is 8.23. The summed E-state index contributed by atoms with van der Waals surface area (Å²) in [6.07, 6.45) is -70.8. The Hall–Kier alpha value is -2.64. The molecule has 0 aromatic heterocycles. The van der Waals surface area contributed by atoms with Crippen LogP contribution in [0.25, 0.3) is 0 Å². The highest BCUT2D eigenvalue weighted by Gasteiger charge is 2.83. The normalized spacial score (nSPS) is 17.1. The summed E-state index contributed by atoms with van der Waals surface area (Å²) in [6.45, 7) is -25.2. The molecule has 0 heterocycles. The van der Waals surface area contributed by atoms with Crippen LogP contribution in [0.4, 0.5) is 123 Å². The molecule has 0 fully saturated rings. The number of aliphatic hydroxyl groups excluding tert-OH is 7. The van der Waals surface area contributed by atoms with Gasteiger partial charge in [0, 0.05) is 0 Å². The van der Waals surface area contributed by atoms with Crippen LogP contribution in [0, 0.1) is 0 Å². The highest BCUT2D eigenvalue weighted by Crippen LogP contribution is 2.55. The topological polar surface area (TPSA) is 234 Å². The minimum Gasteiger partial charge on any atom is -0.394 e. The summed E-state index contributed by atoms with van der Waals surface area (Å²) in [6, 6.07) is 0. The Kier molecular flexibility index (Phi) is 26.7. The molecule has 0 aliphatic carbocycles. The summed E-state index contributed by atoms with van der Waals surface area (Å²) in [7, 11) is 0. The van der Waals surface area contributed by atoms with Crippen LogP contribution < -0.4 is 0 Å². The predicted octanol–water partition coefficient (Wildman–Crippen LogP) is 4.50. The fourth-order valence-corrected chi connectivity index (χ4v) is 4.10. The zero-order valence-corrected chi connectivity index (χ0v) is 37.6. The maximum absolute atomic E-state index is 14.0. The number of alkyl halides is 28.